The first-order chi connectivity index (χ1) is 12.6. The maximum atomic E-state index is 13.9. The van der Waals surface area contributed by atoms with E-state index in [1.807, 2.05) is 19.1 Å². The van der Waals surface area contributed by atoms with Crippen LogP contribution in [0, 0.1) is 6.92 Å². The summed E-state index contributed by atoms with van der Waals surface area (Å²) in [5, 5.41) is 3.81. The molecule has 1 unspecified atom stereocenters. The molecule has 27 heavy (non-hydrogen) atoms. The van der Waals surface area contributed by atoms with Gasteiger partial charge in [-0.25, -0.2) is 0 Å². The molecule has 2 aromatic carbocycles. The summed E-state index contributed by atoms with van der Waals surface area (Å²) < 4.78 is 41.6. The van der Waals surface area contributed by atoms with Crippen LogP contribution >= 0.6 is 23.2 Å². The zero-order chi connectivity index (χ0) is 19.8. The topological polar surface area (TPSA) is 47.6 Å². The molecule has 2 aromatic rings. The summed E-state index contributed by atoms with van der Waals surface area (Å²) in [5.74, 6) is 0. The standard InChI is InChI=1S/C19H15Cl2F3N2O/c1-11-2-3-12(6-17(11)25)4-5-16-10-18(27-26-16,19(22,23)24)13-7-14(20)9-15(21)8-13/h2-9H,10,25H2,1H3/b5-4+. The van der Waals surface area contributed by atoms with Crippen LogP contribution < -0.4 is 5.73 Å². The fraction of sp³-hybridized carbons (Fsp3) is 0.211. The number of nitrogens with zero attached hydrogens (tertiary/aromatic N) is 1. The second-order valence-corrected chi connectivity index (χ2v) is 7.16. The summed E-state index contributed by atoms with van der Waals surface area (Å²) in [5.41, 5.74) is 5.42. The molecule has 0 spiro atoms. The number of halogens is 5. The van der Waals surface area contributed by atoms with Crippen LogP contribution in [0.3, 0.4) is 0 Å². The van der Waals surface area contributed by atoms with Crippen LogP contribution in [0.2, 0.25) is 10.0 Å². The van der Waals surface area contributed by atoms with Crippen molar-refractivity contribution < 1.29 is 18.0 Å². The zero-order valence-electron chi connectivity index (χ0n) is 14.1. The Balaban J connectivity index is 1.90. The number of aryl methyl sites for hydroxylation is 1. The highest BCUT2D eigenvalue weighted by atomic mass is 35.5. The first-order valence-electron chi connectivity index (χ1n) is 7.93. The number of oxime groups is 1. The molecule has 0 bridgehead atoms. The minimum atomic E-state index is -4.71. The van der Waals surface area contributed by atoms with Gasteiger partial charge < -0.3 is 10.6 Å². The molecule has 1 aliphatic heterocycles. The molecule has 0 saturated heterocycles. The summed E-state index contributed by atoms with van der Waals surface area (Å²) in [6.45, 7) is 1.87. The Hall–Kier alpha value is -2.18. The molecule has 0 saturated carbocycles. The zero-order valence-corrected chi connectivity index (χ0v) is 15.7. The van der Waals surface area contributed by atoms with Crippen molar-refractivity contribution >= 4 is 40.7 Å². The number of benzene rings is 2. The highest BCUT2D eigenvalue weighted by Crippen LogP contribution is 2.49. The van der Waals surface area contributed by atoms with Gasteiger partial charge >= 0.3 is 6.18 Å². The van der Waals surface area contributed by atoms with Crippen LogP contribution in [0.25, 0.3) is 6.08 Å². The molecule has 0 fully saturated rings. The lowest BCUT2D eigenvalue weighted by Gasteiger charge is -2.29. The second-order valence-electron chi connectivity index (χ2n) is 6.28. The molecule has 0 aliphatic carbocycles. The van der Waals surface area contributed by atoms with Crippen molar-refractivity contribution in [2.45, 2.75) is 25.1 Å². The SMILES string of the molecule is Cc1ccc(/C=C/C2=NOC(c3cc(Cl)cc(Cl)c3)(C(F)(F)F)C2)cc1N. The number of hydrogen-bond acceptors (Lipinski definition) is 3. The van der Waals surface area contributed by atoms with Gasteiger partial charge in [0.25, 0.3) is 5.60 Å². The molecule has 3 rings (SSSR count). The third-order valence-corrected chi connectivity index (χ3v) is 4.74. The highest BCUT2D eigenvalue weighted by molar-refractivity contribution is 6.34. The van der Waals surface area contributed by atoms with Crippen LogP contribution in [0.15, 0.2) is 47.6 Å². The number of nitrogen functional groups attached to an aromatic ring is 1. The van der Waals surface area contributed by atoms with E-state index in [4.69, 9.17) is 33.8 Å². The second kappa shape index (κ2) is 7.09. The fourth-order valence-corrected chi connectivity index (χ4v) is 3.28. The van der Waals surface area contributed by atoms with Gasteiger partial charge in [0.1, 0.15) is 0 Å². The van der Waals surface area contributed by atoms with Crippen molar-refractivity contribution in [1.82, 2.24) is 0 Å². The Morgan fingerprint density at radius 3 is 2.37 bits per heavy atom. The summed E-state index contributed by atoms with van der Waals surface area (Å²) in [6.07, 6.45) is -2.10. The number of hydrogen-bond donors (Lipinski definition) is 1. The third-order valence-electron chi connectivity index (χ3n) is 4.31. The van der Waals surface area contributed by atoms with Crippen molar-refractivity contribution in [3.63, 3.8) is 0 Å². The van der Waals surface area contributed by atoms with Crippen LogP contribution in [0.5, 0.6) is 0 Å². The van der Waals surface area contributed by atoms with Gasteiger partial charge in [-0.3, -0.25) is 0 Å². The maximum absolute atomic E-state index is 13.9. The van der Waals surface area contributed by atoms with Crippen LogP contribution in [-0.2, 0) is 10.4 Å². The summed E-state index contributed by atoms with van der Waals surface area (Å²) in [6, 6.07) is 9.10. The molecule has 8 heteroatoms. The summed E-state index contributed by atoms with van der Waals surface area (Å²) in [4.78, 5) is 4.91. The number of rotatable bonds is 3. The van der Waals surface area contributed by atoms with E-state index in [-0.39, 0.29) is 21.3 Å². The first kappa shape index (κ1) is 19.6. The van der Waals surface area contributed by atoms with E-state index in [0.29, 0.717) is 5.69 Å². The van der Waals surface area contributed by atoms with Crippen molar-refractivity contribution in [1.29, 1.82) is 0 Å². The predicted molar refractivity (Wildman–Crippen MR) is 102 cm³/mol. The molecule has 3 nitrogen and oxygen atoms in total. The van der Waals surface area contributed by atoms with Crippen molar-refractivity contribution in [3.05, 3.63) is 69.2 Å². The Kier molecular flexibility index (Phi) is 5.14. The van der Waals surface area contributed by atoms with Gasteiger partial charge in [-0.1, -0.05) is 46.6 Å². The van der Waals surface area contributed by atoms with Crippen molar-refractivity contribution in [2.75, 3.05) is 5.73 Å². The predicted octanol–water partition coefficient (Wildman–Crippen LogP) is 6.13. The minimum Gasteiger partial charge on any atom is -0.398 e. The third kappa shape index (κ3) is 3.92. The van der Waals surface area contributed by atoms with Gasteiger partial charge in [0.15, 0.2) is 0 Å². The Labute approximate surface area is 164 Å². The van der Waals surface area contributed by atoms with Crippen molar-refractivity contribution in [2.24, 2.45) is 5.16 Å². The smallest absolute Gasteiger partial charge is 0.398 e. The first-order valence-corrected chi connectivity index (χ1v) is 8.69. The lowest BCUT2D eigenvalue weighted by molar-refractivity contribution is -0.275. The molecule has 1 heterocycles. The highest BCUT2D eigenvalue weighted by Gasteiger charge is 2.62. The quantitative estimate of drug-likeness (QED) is 0.613. The van der Waals surface area contributed by atoms with E-state index in [0.717, 1.165) is 11.1 Å². The van der Waals surface area contributed by atoms with E-state index in [9.17, 15) is 13.2 Å². The molecule has 0 radical (unpaired) electrons. The van der Waals surface area contributed by atoms with Crippen LogP contribution in [0.1, 0.15) is 23.1 Å². The van der Waals surface area contributed by atoms with Gasteiger partial charge in [0.05, 0.1) is 5.71 Å². The van der Waals surface area contributed by atoms with Crippen molar-refractivity contribution in [3.8, 4) is 0 Å². The lowest BCUT2D eigenvalue weighted by atomic mass is 9.88. The Bertz CT molecular complexity index is 921. The molecule has 142 valence electrons. The van der Waals surface area contributed by atoms with E-state index >= 15 is 0 Å². The number of alkyl halides is 3. The van der Waals surface area contributed by atoms with E-state index < -0.39 is 18.2 Å². The minimum absolute atomic E-state index is 0.0869. The molecule has 0 aromatic heterocycles. The van der Waals surface area contributed by atoms with E-state index in [1.165, 1.54) is 24.3 Å². The van der Waals surface area contributed by atoms with E-state index in [2.05, 4.69) is 5.16 Å². The normalized spacial score (nSPS) is 20.0. The maximum Gasteiger partial charge on any atom is 0.435 e. The van der Waals surface area contributed by atoms with Gasteiger partial charge in [0, 0.05) is 27.7 Å². The number of allylic oxidation sites excluding steroid dienone is 1. The van der Waals surface area contributed by atoms with Gasteiger partial charge in [-0.05, 0) is 48.4 Å². The average molecular weight is 415 g/mol. The fourth-order valence-electron chi connectivity index (χ4n) is 2.76. The molecule has 1 atom stereocenters. The molecule has 2 N–H and O–H groups in total. The van der Waals surface area contributed by atoms with E-state index in [1.54, 1.807) is 12.1 Å². The monoisotopic (exact) mass is 414 g/mol. The van der Waals surface area contributed by atoms with Crippen LogP contribution in [-0.4, -0.2) is 11.9 Å². The van der Waals surface area contributed by atoms with Gasteiger partial charge in [-0.15, -0.1) is 0 Å². The van der Waals surface area contributed by atoms with Gasteiger partial charge in [0.2, 0.25) is 0 Å². The Morgan fingerprint density at radius 2 is 1.78 bits per heavy atom. The number of anilines is 1. The molecular weight excluding hydrogens is 400 g/mol. The lowest BCUT2D eigenvalue weighted by Crippen LogP contribution is -2.42. The van der Waals surface area contributed by atoms with Crippen LogP contribution in [0.4, 0.5) is 18.9 Å². The molecular formula is C19H15Cl2F3N2O. The largest absolute Gasteiger partial charge is 0.435 e. The summed E-state index contributed by atoms with van der Waals surface area (Å²) in [7, 11) is 0. The number of nitrogens with two attached hydrogens (primary N) is 1. The average Bonchev–Trinajstić information content (AvgIpc) is 3.01. The van der Waals surface area contributed by atoms with Gasteiger partial charge in [-0.2, -0.15) is 13.2 Å². The molecule has 0 amide bonds. The molecule has 1 aliphatic rings. The Morgan fingerprint density at radius 1 is 1.11 bits per heavy atom. The summed E-state index contributed by atoms with van der Waals surface area (Å²) >= 11 is 11.8.